The number of hydrogen-bond acceptors (Lipinski definition) is 5. The molecule has 128 valence electrons. The van der Waals surface area contributed by atoms with Crippen LogP contribution in [0.5, 0.6) is 5.75 Å². The molecular weight excluding hydrogens is 375 g/mol. The molecule has 24 heavy (non-hydrogen) atoms. The number of carbonyl (C=O) groups excluding carboxylic acids is 1. The van der Waals surface area contributed by atoms with Crippen LogP contribution in [0.25, 0.3) is 0 Å². The van der Waals surface area contributed by atoms with Crippen molar-refractivity contribution in [2.75, 3.05) is 19.5 Å². The molecule has 0 fully saturated rings. The summed E-state index contributed by atoms with van der Waals surface area (Å²) in [6, 6.07) is 10.3. The van der Waals surface area contributed by atoms with Gasteiger partial charge in [0.2, 0.25) is 0 Å². The van der Waals surface area contributed by atoms with Crippen molar-refractivity contribution < 1.29 is 22.7 Å². The number of ether oxygens (including phenoxy) is 2. The van der Waals surface area contributed by atoms with Crippen LogP contribution in [-0.4, -0.2) is 33.9 Å². The molecule has 0 N–H and O–H groups in total. The van der Waals surface area contributed by atoms with Crippen LogP contribution < -0.4 is 4.74 Å². The fraction of sp³-hybridized carbons (Fsp3) is 0.188. The Morgan fingerprint density at radius 3 is 2.29 bits per heavy atom. The number of hydrogen-bond donors (Lipinski definition) is 0. The van der Waals surface area contributed by atoms with E-state index in [0.717, 1.165) is 6.26 Å². The van der Waals surface area contributed by atoms with E-state index >= 15 is 0 Å². The molecule has 0 heterocycles. The molecule has 0 radical (unpaired) electrons. The first-order valence-corrected chi connectivity index (χ1v) is 9.47. The highest BCUT2D eigenvalue weighted by Gasteiger charge is 2.11. The van der Waals surface area contributed by atoms with Crippen molar-refractivity contribution in [3.63, 3.8) is 0 Å². The van der Waals surface area contributed by atoms with Gasteiger partial charge < -0.3 is 9.47 Å². The minimum Gasteiger partial charge on any atom is -0.488 e. The molecule has 0 aliphatic rings. The molecule has 0 unspecified atom stereocenters. The summed E-state index contributed by atoms with van der Waals surface area (Å²) in [4.78, 5) is 12.0. The number of sulfone groups is 1. The lowest BCUT2D eigenvalue weighted by atomic mass is 10.2. The zero-order valence-electron chi connectivity index (χ0n) is 12.7. The summed E-state index contributed by atoms with van der Waals surface area (Å²) in [6.07, 6.45) is 1.10. The molecule has 0 aliphatic heterocycles. The van der Waals surface area contributed by atoms with Gasteiger partial charge in [0.15, 0.2) is 9.84 Å². The molecule has 0 aromatic heterocycles. The van der Waals surface area contributed by atoms with Crippen molar-refractivity contribution in [3.05, 3.63) is 58.1 Å². The predicted molar refractivity (Wildman–Crippen MR) is 91.8 cm³/mol. The van der Waals surface area contributed by atoms with Crippen molar-refractivity contribution in [2.24, 2.45) is 0 Å². The summed E-state index contributed by atoms with van der Waals surface area (Å²) >= 11 is 11.7. The number of rotatable bonds is 6. The maximum atomic E-state index is 11.9. The van der Waals surface area contributed by atoms with E-state index in [2.05, 4.69) is 0 Å². The molecule has 0 saturated carbocycles. The minimum atomic E-state index is -3.30. The largest absolute Gasteiger partial charge is 0.488 e. The van der Waals surface area contributed by atoms with Gasteiger partial charge in [0.1, 0.15) is 19.0 Å². The second-order valence-electron chi connectivity index (χ2n) is 4.86. The molecule has 0 saturated heterocycles. The normalized spacial score (nSPS) is 11.1. The lowest BCUT2D eigenvalue weighted by Crippen LogP contribution is -2.12. The lowest BCUT2D eigenvalue weighted by molar-refractivity contribution is 0.0450. The molecule has 0 bridgehead atoms. The van der Waals surface area contributed by atoms with Gasteiger partial charge >= 0.3 is 5.97 Å². The third kappa shape index (κ3) is 5.12. The second-order valence-corrected chi connectivity index (χ2v) is 7.72. The van der Waals surface area contributed by atoms with Gasteiger partial charge in [-0.25, -0.2) is 13.2 Å². The van der Waals surface area contributed by atoms with Crippen molar-refractivity contribution in [1.29, 1.82) is 0 Å². The maximum absolute atomic E-state index is 11.9. The number of benzene rings is 2. The van der Waals surface area contributed by atoms with Gasteiger partial charge in [-0.1, -0.05) is 23.2 Å². The van der Waals surface area contributed by atoms with Gasteiger partial charge in [-0.15, -0.1) is 0 Å². The maximum Gasteiger partial charge on any atom is 0.338 e. The van der Waals surface area contributed by atoms with E-state index in [1.165, 1.54) is 24.3 Å². The lowest BCUT2D eigenvalue weighted by Gasteiger charge is -2.09. The molecule has 0 aliphatic carbocycles. The van der Waals surface area contributed by atoms with Gasteiger partial charge in [-0.05, 0) is 42.5 Å². The van der Waals surface area contributed by atoms with Gasteiger partial charge in [-0.2, -0.15) is 0 Å². The smallest absolute Gasteiger partial charge is 0.338 e. The Bertz CT molecular complexity index is 832. The fourth-order valence-electron chi connectivity index (χ4n) is 1.80. The molecular formula is C16H14Cl2O5S. The van der Waals surface area contributed by atoms with Crippen LogP contribution in [0, 0.1) is 0 Å². The van der Waals surface area contributed by atoms with E-state index in [0.29, 0.717) is 15.8 Å². The van der Waals surface area contributed by atoms with Gasteiger partial charge in [0.05, 0.1) is 15.5 Å². The SMILES string of the molecule is CS(=O)(=O)c1ccc(C(=O)OCCOc2ccc(Cl)cc2Cl)cc1. The monoisotopic (exact) mass is 388 g/mol. The average Bonchev–Trinajstić information content (AvgIpc) is 2.52. The van der Waals surface area contributed by atoms with Crippen LogP contribution in [0.2, 0.25) is 10.0 Å². The highest BCUT2D eigenvalue weighted by atomic mass is 35.5. The average molecular weight is 389 g/mol. The van der Waals surface area contributed by atoms with Crippen molar-refractivity contribution in [3.8, 4) is 5.75 Å². The van der Waals surface area contributed by atoms with Crippen LogP contribution in [0.15, 0.2) is 47.4 Å². The van der Waals surface area contributed by atoms with Crippen molar-refractivity contribution in [2.45, 2.75) is 4.90 Å². The fourth-order valence-corrected chi connectivity index (χ4v) is 2.89. The van der Waals surface area contributed by atoms with Crippen LogP contribution in [0.1, 0.15) is 10.4 Å². The number of halogens is 2. The zero-order chi connectivity index (χ0) is 17.7. The molecule has 2 aromatic carbocycles. The zero-order valence-corrected chi connectivity index (χ0v) is 15.0. The van der Waals surface area contributed by atoms with E-state index in [9.17, 15) is 13.2 Å². The van der Waals surface area contributed by atoms with Crippen molar-refractivity contribution >= 4 is 39.0 Å². The molecule has 0 amide bonds. The Labute approximate surface area is 150 Å². The summed E-state index contributed by atoms with van der Waals surface area (Å²) in [7, 11) is -3.30. The van der Waals surface area contributed by atoms with E-state index in [1.54, 1.807) is 18.2 Å². The summed E-state index contributed by atoms with van der Waals surface area (Å²) in [5, 5.41) is 0.863. The first kappa shape index (κ1) is 18.6. The summed E-state index contributed by atoms with van der Waals surface area (Å²) < 4.78 is 33.2. The molecule has 0 atom stereocenters. The quantitative estimate of drug-likeness (QED) is 0.558. The van der Waals surface area contributed by atoms with Crippen LogP contribution in [0.3, 0.4) is 0 Å². The van der Waals surface area contributed by atoms with Crippen LogP contribution in [0.4, 0.5) is 0 Å². The van der Waals surface area contributed by atoms with E-state index in [4.69, 9.17) is 32.7 Å². The standard InChI is InChI=1S/C16H14Cl2O5S/c1-24(20,21)13-5-2-11(3-6-13)16(19)23-9-8-22-15-7-4-12(17)10-14(15)18/h2-7,10H,8-9H2,1H3. The van der Waals surface area contributed by atoms with E-state index < -0.39 is 15.8 Å². The first-order valence-electron chi connectivity index (χ1n) is 6.82. The van der Waals surface area contributed by atoms with Gasteiger partial charge in [0.25, 0.3) is 0 Å². The molecule has 0 spiro atoms. The highest BCUT2D eigenvalue weighted by Crippen LogP contribution is 2.27. The molecule has 8 heteroatoms. The number of esters is 1. The van der Waals surface area contributed by atoms with E-state index in [-0.39, 0.29) is 23.7 Å². The predicted octanol–water partition coefficient (Wildman–Crippen LogP) is 3.63. The Kier molecular flexibility index (Phi) is 6.10. The molecule has 2 aromatic rings. The Morgan fingerprint density at radius 2 is 1.71 bits per heavy atom. The van der Waals surface area contributed by atoms with Gasteiger partial charge in [0, 0.05) is 11.3 Å². The third-order valence-electron chi connectivity index (χ3n) is 2.99. The topological polar surface area (TPSA) is 69.7 Å². The number of carbonyl (C=O) groups is 1. The molecule has 2 rings (SSSR count). The minimum absolute atomic E-state index is 0.0195. The third-order valence-corrected chi connectivity index (χ3v) is 4.65. The van der Waals surface area contributed by atoms with Crippen molar-refractivity contribution in [1.82, 2.24) is 0 Å². The first-order chi connectivity index (χ1) is 11.3. The molecule has 5 nitrogen and oxygen atoms in total. The van der Waals surface area contributed by atoms with Gasteiger partial charge in [-0.3, -0.25) is 0 Å². The Morgan fingerprint density at radius 1 is 1.04 bits per heavy atom. The van der Waals surface area contributed by atoms with Crippen LogP contribution in [-0.2, 0) is 14.6 Å². The second kappa shape index (κ2) is 7.88. The van der Waals surface area contributed by atoms with E-state index in [1.807, 2.05) is 0 Å². The summed E-state index contributed by atoms with van der Waals surface area (Å²) in [6.45, 7) is 0.139. The van der Waals surface area contributed by atoms with Crippen LogP contribution >= 0.6 is 23.2 Å². The summed E-state index contributed by atoms with van der Waals surface area (Å²) in [5.41, 5.74) is 0.256. The highest BCUT2D eigenvalue weighted by molar-refractivity contribution is 7.90. The summed E-state index contributed by atoms with van der Waals surface area (Å²) in [5.74, 6) is -0.129. The Balaban J connectivity index is 1.85. The Hall–Kier alpha value is -1.76.